The lowest BCUT2D eigenvalue weighted by Gasteiger charge is -2.31. The van der Waals surface area contributed by atoms with Crippen LogP contribution in [0, 0.1) is 6.92 Å². The van der Waals surface area contributed by atoms with E-state index in [2.05, 4.69) is 5.32 Å². The summed E-state index contributed by atoms with van der Waals surface area (Å²) < 4.78 is 28.0. The SMILES string of the molecule is Cc1ccc(CN(C(=O)CCCN2c3cccc4cccc(c34)S2(=O)=O)C(C)C(=O)NC2CCCCC2)cc1. The smallest absolute Gasteiger partial charge is 0.265 e. The van der Waals surface area contributed by atoms with Gasteiger partial charge in [0.1, 0.15) is 6.04 Å². The number of sulfonamides is 1. The minimum absolute atomic E-state index is 0.133. The molecule has 1 heterocycles. The van der Waals surface area contributed by atoms with Gasteiger partial charge in [0.25, 0.3) is 10.0 Å². The number of carbonyl (C=O) groups is 2. The first-order valence-corrected chi connectivity index (χ1v) is 15.4. The molecule has 1 aliphatic heterocycles. The van der Waals surface area contributed by atoms with Crippen LogP contribution < -0.4 is 9.62 Å². The highest BCUT2D eigenvalue weighted by Gasteiger charge is 2.35. The molecular weight excluding hydrogens is 510 g/mol. The quantitative estimate of drug-likeness (QED) is 0.394. The van der Waals surface area contributed by atoms with Crippen molar-refractivity contribution in [2.75, 3.05) is 10.8 Å². The van der Waals surface area contributed by atoms with Crippen molar-refractivity contribution in [1.82, 2.24) is 10.2 Å². The van der Waals surface area contributed by atoms with Gasteiger partial charge >= 0.3 is 0 Å². The predicted molar refractivity (Wildman–Crippen MR) is 154 cm³/mol. The van der Waals surface area contributed by atoms with E-state index in [4.69, 9.17) is 0 Å². The summed E-state index contributed by atoms with van der Waals surface area (Å²) in [4.78, 5) is 28.7. The lowest BCUT2D eigenvalue weighted by molar-refractivity contribution is -0.141. The second-order valence-electron chi connectivity index (χ2n) is 10.8. The molecule has 206 valence electrons. The average Bonchev–Trinajstić information content (AvgIpc) is 3.16. The molecule has 1 saturated carbocycles. The van der Waals surface area contributed by atoms with Gasteiger partial charge in [0.05, 0.1) is 10.6 Å². The van der Waals surface area contributed by atoms with Crippen molar-refractivity contribution in [1.29, 1.82) is 0 Å². The molecule has 1 atom stereocenters. The standard InChI is InChI=1S/C31H37N3O4S/c1-22-16-18-24(19-17-22)21-33(23(2)31(36)32-26-11-4-3-5-12-26)29(35)15-8-20-34-27-13-6-9-25-10-7-14-28(30(25)27)39(34,37)38/h6-7,9-10,13-14,16-19,23,26H,3-5,8,11-12,15,20-21H2,1-2H3,(H,32,36). The van der Waals surface area contributed by atoms with Crippen molar-refractivity contribution < 1.29 is 18.0 Å². The summed E-state index contributed by atoms with van der Waals surface area (Å²) in [6.45, 7) is 4.32. The Kier molecular flexibility index (Phi) is 7.93. The molecule has 1 aliphatic carbocycles. The second-order valence-corrected chi connectivity index (χ2v) is 12.7. The molecule has 0 radical (unpaired) electrons. The van der Waals surface area contributed by atoms with Crippen LogP contribution in [0.4, 0.5) is 5.69 Å². The van der Waals surface area contributed by atoms with Gasteiger partial charge in [-0.05, 0) is 56.2 Å². The third kappa shape index (κ3) is 5.66. The molecule has 8 heteroatoms. The lowest BCUT2D eigenvalue weighted by Crippen LogP contribution is -2.50. The Bertz CT molecular complexity index is 1460. The fraction of sp³-hybridized carbons (Fsp3) is 0.419. The van der Waals surface area contributed by atoms with E-state index < -0.39 is 16.1 Å². The topological polar surface area (TPSA) is 86.8 Å². The summed E-state index contributed by atoms with van der Waals surface area (Å²) >= 11 is 0. The number of aryl methyl sites for hydroxylation is 1. The van der Waals surface area contributed by atoms with Gasteiger partial charge < -0.3 is 10.2 Å². The normalized spacial score (nSPS) is 17.2. The summed E-state index contributed by atoms with van der Waals surface area (Å²) in [6, 6.07) is 18.4. The van der Waals surface area contributed by atoms with Crippen molar-refractivity contribution in [3.05, 3.63) is 71.8 Å². The van der Waals surface area contributed by atoms with Crippen LogP contribution in [-0.4, -0.2) is 43.8 Å². The fourth-order valence-electron chi connectivity index (χ4n) is 5.76. The van der Waals surface area contributed by atoms with Crippen LogP contribution >= 0.6 is 0 Å². The zero-order valence-corrected chi connectivity index (χ0v) is 23.5. The van der Waals surface area contributed by atoms with Crippen molar-refractivity contribution in [3.63, 3.8) is 0 Å². The number of benzene rings is 3. The minimum atomic E-state index is -3.67. The molecule has 0 bridgehead atoms. The van der Waals surface area contributed by atoms with E-state index in [1.165, 1.54) is 10.7 Å². The van der Waals surface area contributed by atoms with Gasteiger partial charge in [-0.1, -0.05) is 73.4 Å². The van der Waals surface area contributed by atoms with E-state index in [-0.39, 0.29) is 30.8 Å². The van der Waals surface area contributed by atoms with Crippen molar-refractivity contribution in [2.24, 2.45) is 0 Å². The molecule has 7 nitrogen and oxygen atoms in total. The molecule has 0 spiro atoms. The Hall–Kier alpha value is -3.39. The van der Waals surface area contributed by atoms with Crippen LogP contribution in [0.1, 0.15) is 63.0 Å². The highest BCUT2D eigenvalue weighted by atomic mass is 32.2. The van der Waals surface area contributed by atoms with Gasteiger partial charge in [0.15, 0.2) is 0 Å². The Morgan fingerprint density at radius 3 is 2.41 bits per heavy atom. The zero-order chi connectivity index (χ0) is 27.6. The van der Waals surface area contributed by atoms with Crippen LogP contribution in [0.2, 0.25) is 0 Å². The molecule has 1 unspecified atom stereocenters. The number of carbonyl (C=O) groups excluding carboxylic acids is 2. The number of anilines is 1. The molecule has 0 saturated heterocycles. The van der Waals surface area contributed by atoms with E-state index in [9.17, 15) is 18.0 Å². The minimum Gasteiger partial charge on any atom is -0.352 e. The summed E-state index contributed by atoms with van der Waals surface area (Å²) in [7, 11) is -3.67. The van der Waals surface area contributed by atoms with Crippen LogP contribution in [0.25, 0.3) is 10.8 Å². The van der Waals surface area contributed by atoms with E-state index in [1.54, 1.807) is 24.0 Å². The van der Waals surface area contributed by atoms with E-state index >= 15 is 0 Å². The summed E-state index contributed by atoms with van der Waals surface area (Å²) in [5.41, 5.74) is 2.74. The Labute approximate surface area is 231 Å². The molecule has 3 aromatic carbocycles. The van der Waals surface area contributed by atoms with Crippen LogP contribution in [0.5, 0.6) is 0 Å². The highest BCUT2D eigenvalue weighted by Crippen LogP contribution is 2.42. The summed E-state index contributed by atoms with van der Waals surface area (Å²) in [5, 5.41) is 4.78. The molecule has 1 fully saturated rings. The predicted octanol–water partition coefficient (Wildman–Crippen LogP) is 5.30. The average molecular weight is 548 g/mol. The zero-order valence-electron chi connectivity index (χ0n) is 22.7. The Morgan fingerprint density at radius 1 is 1.00 bits per heavy atom. The number of nitrogens with zero attached hydrogens (tertiary/aromatic N) is 2. The molecule has 2 aliphatic rings. The summed E-state index contributed by atoms with van der Waals surface area (Å²) in [5.74, 6) is -0.291. The maximum absolute atomic E-state index is 13.6. The maximum atomic E-state index is 13.6. The second kappa shape index (κ2) is 11.4. The van der Waals surface area contributed by atoms with Crippen molar-refractivity contribution >= 4 is 38.3 Å². The first-order valence-electron chi connectivity index (χ1n) is 14.0. The van der Waals surface area contributed by atoms with Gasteiger partial charge in [0.2, 0.25) is 11.8 Å². The van der Waals surface area contributed by atoms with Crippen molar-refractivity contribution in [2.45, 2.75) is 82.3 Å². The Balaban J connectivity index is 1.29. The molecule has 1 N–H and O–H groups in total. The molecule has 39 heavy (non-hydrogen) atoms. The largest absolute Gasteiger partial charge is 0.352 e. The van der Waals surface area contributed by atoms with Crippen LogP contribution in [0.15, 0.2) is 65.6 Å². The monoisotopic (exact) mass is 547 g/mol. The first-order chi connectivity index (χ1) is 18.8. The van der Waals surface area contributed by atoms with E-state index in [1.807, 2.05) is 55.5 Å². The van der Waals surface area contributed by atoms with Gasteiger partial charge in [-0.2, -0.15) is 0 Å². The number of hydrogen-bond donors (Lipinski definition) is 1. The van der Waals surface area contributed by atoms with E-state index in [0.717, 1.165) is 47.6 Å². The molecule has 5 rings (SSSR count). The van der Waals surface area contributed by atoms with Crippen molar-refractivity contribution in [3.8, 4) is 0 Å². The first kappa shape index (κ1) is 27.2. The third-order valence-electron chi connectivity index (χ3n) is 8.03. The number of amides is 2. The fourth-order valence-corrected chi connectivity index (χ4v) is 7.51. The van der Waals surface area contributed by atoms with Gasteiger partial charge in [-0.3, -0.25) is 13.9 Å². The van der Waals surface area contributed by atoms with Gasteiger partial charge in [-0.15, -0.1) is 0 Å². The molecule has 2 amide bonds. The molecular formula is C31H37N3O4S. The molecule has 3 aromatic rings. The van der Waals surface area contributed by atoms with Gasteiger partial charge in [-0.25, -0.2) is 8.42 Å². The van der Waals surface area contributed by atoms with Gasteiger partial charge in [0, 0.05) is 30.9 Å². The summed E-state index contributed by atoms with van der Waals surface area (Å²) in [6.07, 6.45) is 5.87. The van der Waals surface area contributed by atoms with Crippen LogP contribution in [0.3, 0.4) is 0 Å². The van der Waals surface area contributed by atoms with Crippen LogP contribution in [-0.2, 0) is 26.2 Å². The number of nitrogens with one attached hydrogen (secondary N) is 1. The number of hydrogen-bond acceptors (Lipinski definition) is 4. The highest BCUT2D eigenvalue weighted by molar-refractivity contribution is 7.93. The lowest BCUT2D eigenvalue weighted by atomic mass is 9.95. The third-order valence-corrected chi connectivity index (χ3v) is 9.88. The maximum Gasteiger partial charge on any atom is 0.265 e. The van der Waals surface area contributed by atoms with E-state index in [0.29, 0.717) is 23.5 Å². The number of rotatable bonds is 9. The molecule has 0 aromatic heterocycles. The Morgan fingerprint density at radius 2 is 1.69 bits per heavy atom.